The molecule has 1 aromatic rings. The van der Waals surface area contributed by atoms with Gasteiger partial charge in [-0.3, -0.25) is 9.59 Å². The summed E-state index contributed by atoms with van der Waals surface area (Å²) in [7, 11) is 0. The summed E-state index contributed by atoms with van der Waals surface area (Å²) in [6, 6.07) is 3.74. The number of anilines is 1. The van der Waals surface area contributed by atoms with E-state index >= 15 is 0 Å². The van der Waals surface area contributed by atoms with Crippen molar-refractivity contribution in [3.05, 3.63) is 28.3 Å². The van der Waals surface area contributed by atoms with Crippen LogP contribution in [0, 0.1) is 19.3 Å². The van der Waals surface area contributed by atoms with E-state index < -0.39 is 5.41 Å². The van der Waals surface area contributed by atoms with Gasteiger partial charge in [0, 0.05) is 13.1 Å². The highest BCUT2D eigenvalue weighted by Gasteiger charge is 2.40. The molecule has 1 fully saturated rings. The number of hydrogen-bond donors (Lipinski definition) is 1. The molecule has 5 nitrogen and oxygen atoms in total. The first-order chi connectivity index (χ1) is 10.7. The van der Waals surface area contributed by atoms with Crippen molar-refractivity contribution in [2.45, 2.75) is 27.7 Å². The Morgan fingerprint density at radius 3 is 2.39 bits per heavy atom. The Kier molecular flexibility index (Phi) is 5.32. The number of carbonyl (C=O) groups excluding carboxylic acids is 2. The van der Waals surface area contributed by atoms with E-state index in [4.69, 9.17) is 16.3 Å². The Morgan fingerprint density at radius 1 is 1.22 bits per heavy atom. The summed E-state index contributed by atoms with van der Waals surface area (Å²) in [5.74, 6) is -0.554. The summed E-state index contributed by atoms with van der Waals surface area (Å²) in [4.78, 5) is 27.0. The van der Waals surface area contributed by atoms with Gasteiger partial charge in [0.25, 0.3) is 0 Å². The van der Waals surface area contributed by atoms with E-state index in [0.29, 0.717) is 37.0 Å². The molecule has 0 bridgehead atoms. The van der Waals surface area contributed by atoms with Crippen LogP contribution in [0.3, 0.4) is 0 Å². The fourth-order valence-corrected chi connectivity index (χ4v) is 2.97. The molecule has 126 valence electrons. The number of nitrogens with one attached hydrogen (secondary N) is 1. The number of hydrogen-bond acceptors (Lipinski definition) is 3. The molecule has 1 aliphatic rings. The molecule has 1 heterocycles. The van der Waals surface area contributed by atoms with Crippen molar-refractivity contribution in [1.29, 1.82) is 0 Å². The number of nitrogens with zero attached hydrogens (tertiary/aromatic N) is 1. The largest absolute Gasteiger partial charge is 0.378 e. The first-order valence-corrected chi connectivity index (χ1v) is 8.06. The highest BCUT2D eigenvalue weighted by atomic mass is 35.5. The van der Waals surface area contributed by atoms with E-state index in [1.807, 2.05) is 19.9 Å². The molecule has 0 saturated carbocycles. The summed E-state index contributed by atoms with van der Waals surface area (Å²) in [6.07, 6.45) is 0. The van der Waals surface area contributed by atoms with Gasteiger partial charge in [-0.1, -0.05) is 17.7 Å². The van der Waals surface area contributed by atoms with Crippen LogP contribution in [-0.2, 0) is 14.3 Å². The second-order valence-electron chi connectivity index (χ2n) is 6.42. The molecule has 0 aliphatic carbocycles. The van der Waals surface area contributed by atoms with Gasteiger partial charge in [-0.05, 0) is 44.9 Å². The Hall–Kier alpha value is -1.59. The Balaban J connectivity index is 2.17. The van der Waals surface area contributed by atoms with Crippen molar-refractivity contribution in [3.8, 4) is 0 Å². The average Bonchev–Trinajstić information content (AvgIpc) is 2.50. The van der Waals surface area contributed by atoms with E-state index in [2.05, 4.69) is 5.32 Å². The van der Waals surface area contributed by atoms with Crippen LogP contribution in [0.15, 0.2) is 12.1 Å². The highest BCUT2D eigenvalue weighted by molar-refractivity contribution is 6.34. The summed E-state index contributed by atoms with van der Waals surface area (Å²) in [5.41, 5.74) is 1.29. The lowest BCUT2D eigenvalue weighted by molar-refractivity contribution is -0.149. The van der Waals surface area contributed by atoms with Crippen LogP contribution < -0.4 is 5.32 Å². The smallest absolute Gasteiger partial charge is 0.239 e. The van der Waals surface area contributed by atoms with Crippen molar-refractivity contribution in [3.63, 3.8) is 0 Å². The van der Waals surface area contributed by atoms with Crippen LogP contribution in [0.1, 0.15) is 25.0 Å². The molecule has 6 heteroatoms. The van der Waals surface area contributed by atoms with E-state index in [9.17, 15) is 9.59 Å². The first kappa shape index (κ1) is 17.8. The maximum absolute atomic E-state index is 12.7. The molecule has 0 aromatic heterocycles. The third-order valence-corrected chi connectivity index (χ3v) is 4.37. The second kappa shape index (κ2) is 6.89. The molecule has 1 N–H and O–H groups in total. The molecule has 23 heavy (non-hydrogen) atoms. The predicted molar refractivity (Wildman–Crippen MR) is 90.7 cm³/mol. The van der Waals surface area contributed by atoms with E-state index in [1.54, 1.807) is 24.8 Å². The number of rotatable bonds is 3. The summed E-state index contributed by atoms with van der Waals surface area (Å²) < 4.78 is 5.25. The van der Waals surface area contributed by atoms with E-state index in [-0.39, 0.29) is 11.8 Å². The molecule has 0 radical (unpaired) electrons. The number of ether oxygens (including phenoxy) is 1. The van der Waals surface area contributed by atoms with Crippen LogP contribution in [-0.4, -0.2) is 43.0 Å². The van der Waals surface area contributed by atoms with Crippen LogP contribution in [0.5, 0.6) is 0 Å². The van der Waals surface area contributed by atoms with Crippen LogP contribution in [0.4, 0.5) is 5.69 Å². The number of morpholine rings is 1. The van der Waals surface area contributed by atoms with Gasteiger partial charge in [-0.2, -0.15) is 0 Å². The molecule has 2 rings (SSSR count). The predicted octanol–water partition coefficient (Wildman–Crippen LogP) is 2.78. The molecule has 0 spiro atoms. The second-order valence-corrected chi connectivity index (χ2v) is 6.83. The van der Waals surface area contributed by atoms with Crippen molar-refractivity contribution < 1.29 is 14.3 Å². The highest BCUT2D eigenvalue weighted by Crippen LogP contribution is 2.30. The average molecular weight is 339 g/mol. The van der Waals surface area contributed by atoms with Gasteiger partial charge in [0.1, 0.15) is 5.41 Å². The lowest BCUT2D eigenvalue weighted by Gasteiger charge is -2.33. The molecule has 2 amide bonds. The Labute approximate surface area is 141 Å². The molecular weight excluding hydrogens is 316 g/mol. The van der Waals surface area contributed by atoms with Gasteiger partial charge in [-0.15, -0.1) is 0 Å². The minimum Gasteiger partial charge on any atom is -0.378 e. The van der Waals surface area contributed by atoms with Gasteiger partial charge >= 0.3 is 0 Å². The maximum atomic E-state index is 12.7. The zero-order chi connectivity index (χ0) is 17.2. The maximum Gasteiger partial charge on any atom is 0.239 e. The third-order valence-electron chi connectivity index (χ3n) is 4.07. The monoisotopic (exact) mass is 338 g/mol. The summed E-state index contributed by atoms with van der Waals surface area (Å²) in [5, 5.41) is 3.29. The standard InChI is InChI=1S/C17H23ClN2O3/c1-11-9-12(2)14(13(18)10-11)19-15(21)17(3,4)16(22)20-5-7-23-8-6-20/h9-10H,5-8H2,1-4H3,(H,19,21). The SMILES string of the molecule is Cc1cc(C)c(NC(=O)C(C)(C)C(=O)N2CCOCC2)c(Cl)c1. The molecule has 0 atom stereocenters. The van der Waals surface area contributed by atoms with Crippen molar-refractivity contribution >= 4 is 29.1 Å². The van der Waals surface area contributed by atoms with Gasteiger partial charge in [0.2, 0.25) is 11.8 Å². The van der Waals surface area contributed by atoms with Crippen molar-refractivity contribution in [2.75, 3.05) is 31.6 Å². The lowest BCUT2D eigenvalue weighted by Crippen LogP contribution is -2.51. The number of aryl methyl sites for hydroxylation is 2. The zero-order valence-corrected chi connectivity index (χ0v) is 14.8. The van der Waals surface area contributed by atoms with Crippen LogP contribution in [0.25, 0.3) is 0 Å². The fourth-order valence-electron chi connectivity index (χ4n) is 2.60. The van der Waals surface area contributed by atoms with Gasteiger partial charge in [0.15, 0.2) is 0 Å². The molecule has 1 aliphatic heterocycles. The normalized spacial score (nSPS) is 15.4. The summed E-state index contributed by atoms with van der Waals surface area (Å²) in [6.45, 7) is 9.13. The number of benzene rings is 1. The molecule has 1 saturated heterocycles. The van der Waals surface area contributed by atoms with Crippen molar-refractivity contribution in [2.24, 2.45) is 5.41 Å². The fraction of sp³-hybridized carbons (Fsp3) is 0.529. The zero-order valence-electron chi connectivity index (χ0n) is 14.0. The van der Waals surface area contributed by atoms with E-state index in [0.717, 1.165) is 11.1 Å². The van der Waals surface area contributed by atoms with Crippen LogP contribution >= 0.6 is 11.6 Å². The minimum atomic E-state index is -1.17. The topological polar surface area (TPSA) is 58.6 Å². The van der Waals surface area contributed by atoms with Crippen LogP contribution in [0.2, 0.25) is 5.02 Å². The summed E-state index contributed by atoms with van der Waals surface area (Å²) >= 11 is 6.23. The Bertz CT molecular complexity index is 599. The first-order valence-electron chi connectivity index (χ1n) is 7.69. The Morgan fingerprint density at radius 2 is 1.83 bits per heavy atom. The number of amides is 2. The van der Waals surface area contributed by atoms with Gasteiger partial charge in [0.05, 0.1) is 23.9 Å². The van der Waals surface area contributed by atoms with Crippen molar-refractivity contribution in [1.82, 2.24) is 4.90 Å². The number of carbonyl (C=O) groups is 2. The van der Waals surface area contributed by atoms with Gasteiger partial charge in [-0.25, -0.2) is 0 Å². The molecule has 1 aromatic carbocycles. The molecule has 0 unspecified atom stereocenters. The quantitative estimate of drug-likeness (QED) is 0.862. The third kappa shape index (κ3) is 3.85. The minimum absolute atomic E-state index is 0.195. The van der Waals surface area contributed by atoms with E-state index in [1.165, 1.54) is 0 Å². The molecular formula is C17H23ClN2O3. The number of halogens is 1. The van der Waals surface area contributed by atoms with Gasteiger partial charge < -0.3 is 15.0 Å². The lowest BCUT2D eigenvalue weighted by atomic mass is 9.89.